The molecule has 1 amide bonds. The largest absolute Gasteiger partial charge is 0.376 e. The molecule has 7 heteroatoms. The molecule has 1 aromatic carbocycles. The predicted octanol–water partition coefficient (Wildman–Crippen LogP) is 3.11. The van der Waals surface area contributed by atoms with E-state index in [1.54, 1.807) is 10.6 Å². The average Bonchev–Trinajstić information content (AvgIpc) is 3.39. The van der Waals surface area contributed by atoms with Gasteiger partial charge in [0, 0.05) is 12.6 Å². The molecule has 2 fully saturated rings. The van der Waals surface area contributed by atoms with Crippen molar-refractivity contribution in [2.75, 3.05) is 6.61 Å². The highest BCUT2D eigenvalue weighted by molar-refractivity contribution is 8.00. The molecule has 2 aromatic rings. The molecule has 2 atom stereocenters. The van der Waals surface area contributed by atoms with Crippen molar-refractivity contribution in [3.8, 4) is 0 Å². The Labute approximate surface area is 169 Å². The van der Waals surface area contributed by atoms with Crippen molar-refractivity contribution >= 4 is 28.6 Å². The predicted molar refractivity (Wildman–Crippen MR) is 111 cm³/mol. The topological polar surface area (TPSA) is 73.2 Å². The standard InChI is InChI=1S/C21H27N3O3S/c1-14(19(25)22-15-7-2-3-8-15)28-21-23-18-11-5-4-10-17(18)20(26)24(21)13-16-9-6-12-27-16/h4-5,10-11,14-16H,2-3,6-9,12-13H2,1H3,(H,22,25). The third kappa shape index (κ3) is 4.25. The SMILES string of the molecule is CC(Sc1nc2ccccc2c(=O)n1CC1CCCO1)C(=O)NC1CCCC1. The van der Waals surface area contributed by atoms with E-state index in [1.807, 2.05) is 25.1 Å². The Morgan fingerprint density at radius 1 is 1.29 bits per heavy atom. The number of nitrogens with one attached hydrogen (secondary N) is 1. The number of nitrogens with zero attached hydrogens (tertiary/aromatic N) is 2. The van der Waals surface area contributed by atoms with Crippen LogP contribution in [0.2, 0.25) is 0 Å². The van der Waals surface area contributed by atoms with Gasteiger partial charge in [0.1, 0.15) is 0 Å². The quantitative estimate of drug-likeness (QED) is 0.595. The highest BCUT2D eigenvalue weighted by Gasteiger charge is 2.25. The summed E-state index contributed by atoms with van der Waals surface area (Å²) in [6, 6.07) is 7.67. The highest BCUT2D eigenvalue weighted by atomic mass is 32.2. The van der Waals surface area contributed by atoms with Crippen molar-refractivity contribution in [2.45, 2.75) is 74.5 Å². The van der Waals surface area contributed by atoms with E-state index in [1.165, 1.54) is 24.6 Å². The molecule has 1 N–H and O–H groups in total. The van der Waals surface area contributed by atoms with Gasteiger partial charge in [0.25, 0.3) is 5.56 Å². The molecule has 4 rings (SSSR count). The van der Waals surface area contributed by atoms with Crippen molar-refractivity contribution < 1.29 is 9.53 Å². The molecule has 1 aliphatic heterocycles. The molecule has 1 saturated carbocycles. The summed E-state index contributed by atoms with van der Waals surface area (Å²) in [6.07, 6.45) is 6.47. The van der Waals surface area contributed by atoms with Crippen LogP contribution in [-0.2, 0) is 16.1 Å². The van der Waals surface area contributed by atoms with E-state index in [0.717, 1.165) is 32.3 Å². The van der Waals surface area contributed by atoms with Gasteiger partial charge in [-0.1, -0.05) is 36.7 Å². The summed E-state index contributed by atoms with van der Waals surface area (Å²) >= 11 is 1.36. The Balaban J connectivity index is 1.60. The molecule has 2 unspecified atom stereocenters. The Kier molecular flexibility index (Phi) is 6.01. The van der Waals surface area contributed by atoms with Crippen LogP contribution in [0.25, 0.3) is 10.9 Å². The first-order valence-electron chi connectivity index (χ1n) is 10.2. The first-order valence-corrected chi connectivity index (χ1v) is 11.1. The number of fused-ring (bicyclic) bond motifs is 1. The molecule has 1 aliphatic carbocycles. The fourth-order valence-electron chi connectivity index (χ4n) is 3.99. The second-order valence-corrected chi connectivity index (χ2v) is 9.02. The smallest absolute Gasteiger partial charge is 0.262 e. The van der Waals surface area contributed by atoms with Crippen molar-refractivity contribution in [1.29, 1.82) is 0 Å². The van der Waals surface area contributed by atoms with Crippen LogP contribution in [-0.4, -0.2) is 39.5 Å². The average molecular weight is 402 g/mol. The van der Waals surface area contributed by atoms with Gasteiger partial charge in [-0.2, -0.15) is 0 Å². The number of carbonyl (C=O) groups excluding carboxylic acids is 1. The molecule has 0 bridgehead atoms. The van der Waals surface area contributed by atoms with Crippen molar-refractivity contribution in [1.82, 2.24) is 14.9 Å². The summed E-state index contributed by atoms with van der Waals surface area (Å²) in [6.45, 7) is 3.10. The van der Waals surface area contributed by atoms with E-state index >= 15 is 0 Å². The Bertz CT molecular complexity index is 901. The van der Waals surface area contributed by atoms with Gasteiger partial charge in [0.05, 0.1) is 28.8 Å². The lowest BCUT2D eigenvalue weighted by atomic mass is 10.2. The molecule has 1 saturated heterocycles. The Hall–Kier alpha value is -1.86. The lowest BCUT2D eigenvalue weighted by molar-refractivity contribution is -0.120. The van der Waals surface area contributed by atoms with E-state index in [2.05, 4.69) is 5.32 Å². The summed E-state index contributed by atoms with van der Waals surface area (Å²) in [5, 5.41) is 4.02. The molecule has 6 nitrogen and oxygen atoms in total. The lowest BCUT2D eigenvalue weighted by Gasteiger charge is -2.19. The summed E-state index contributed by atoms with van der Waals surface area (Å²) in [7, 11) is 0. The third-order valence-corrected chi connectivity index (χ3v) is 6.68. The summed E-state index contributed by atoms with van der Waals surface area (Å²) in [5.41, 5.74) is 0.606. The monoisotopic (exact) mass is 401 g/mol. The van der Waals surface area contributed by atoms with Crippen LogP contribution in [0.5, 0.6) is 0 Å². The molecule has 150 valence electrons. The van der Waals surface area contributed by atoms with Crippen LogP contribution < -0.4 is 10.9 Å². The molecule has 2 heterocycles. The van der Waals surface area contributed by atoms with E-state index in [9.17, 15) is 9.59 Å². The lowest BCUT2D eigenvalue weighted by Crippen LogP contribution is -2.38. The van der Waals surface area contributed by atoms with E-state index in [-0.39, 0.29) is 28.9 Å². The van der Waals surface area contributed by atoms with Gasteiger partial charge in [-0.3, -0.25) is 14.2 Å². The zero-order valence-corrected chi connectivity index (χ0v) is 17.0. The second-order valence-electron chi connectivity index (χ2n) is 7.71. The molecule has 2 aliphatic rings. The summed E-state index contributed by atoms with van der Waals surface area (Å²) in [4.78, 5) is 30.5. The number of benzene rings is 1. The number of aromatic nitrogens is 2. The minimum atomic E-state index is -0.315. The zero-order chi connectivity index (χ0) is 19.5. The highest BCUT2D eigenvalue weighted by Crippen LogP contribution is 2.25. The van der Waals surface area contributed by atoms with E-state index < -0.39 is 0 Å². The molecule has 28 heavy (non-hydrogen) atoms. The molecular formula is C21H27N3O3S. The maximum atomic E-state index is 13.1. The van der Waals surface area contributed by atoms with Gasteiger partial charge in [0.2, 0.25) is 5.91 Å². The van der Waals surface area contributed by atoms with Crippen LogP contribution >= 0.6 is 11.8 Å². The number of ether oxygens (including phenoxy) is 1. The number of carbonyl (C=O) groups is 1. The van der Waals surface area contributed by atoms with Gasteiger partial charge in [-0.15, -0.1) is 0 Å². The maximum Gasteiger partial charge on any atom is 0.262 e. The third-order valence-electron chi connectivity index (χ3n) is 5.59. The number of hydrogen-bond donors (Lipinski definition) is 1. The van der Waals surface area contributed by atoms with E-state index in [4.69, 9.17) is 9.72 Å². The minimum absolute atomic E-state index is 0.0166. The van der Waals surface area contributed by atoms with Crippen LogP contribution in [0.3, 0.4) is 0 Å². The molecular weight excluding hydrogens is 374 g/mol. The van der Waals surface area contributed by atoms with Crippen molar-refractivity contribution in [3.05, 3.63) is 34.6 Å². The van der Waals surface area contributed by atoms with Gasteiger partial charge in [0.15, 0.2) is 5.16 Å². The molecule has 1 aromatic heterocycles. The summed E-state index contributed by atoms with van der Waals surface area (Å²) in [5.74, 6) is 0.0166. The van der Waals surface area contributed by atoms with Gasteiger partial charge in [-0.05, 0) is 44.7 Å². The van der Waals surface area contributed by atoms with Crippen LogP contribution in [0.1, 0.15) is 45.4 Å². The fourth-order valence-corrected chi connectivity index (χ4v) is 4.92. The number of rotatable bonds is 6. The van der Waals surface area contributed by atoms with Crippen molar-refractivity contribution in [2.24, 2.45) is 0 Å². The van der Waals surface area contributed by atoms with Crippen molar-refractivity contribution in [3.63, 3.8) is 0 Å². The normalized spacial score (nSPS) is 21.2. The van der Waals surface area contributed by atoms with Crippen LogP contribution in [0.15, 0.2) is 34.2 Å². The first kappa shape index (κ1) is 19.5. The second kappa shape index (κ2) is 8.66. The first-order chi connectivity index (χ1) is 13.6. The maximum absolute atomic E-state index is 13.1. The Morgan fingerprint density at radius 2 is 2.07 bits per heavy atom. The number of para-hydroxylation sites is 1. The van der Waals surface area contributed by atoms with Crippen LogP contribution in [0, 0.1) is 0 Å². The number of amides is 1. The minimum Gasteiger partial charge on any atom is -0.376 e. The number of thioether (sulfide) groups is 1. The number of hydrogen-bond acceptors (Lipinski definition) is 5. The fraction of sp³-hybridized carbons (Fsp3) is 0.571. The van der Waals surface area contributed by atoms with Gasteiger partial charge >= 0.3 is 0 Å². The zero-order valence-electron chi connectivity index (χ0n) is 16.2. The van der Waals surface area contributed by atoms with Gasteiger partial charge < -0.3 is 10.1 Å². The molecule has 0 radical (unpaired) electrons. The van der Waals surface area contributed by atoms with Crippen LogP contribution in [0.4, 0.5) is 0 Å². The molecule has 0 spiro atoms. The Morgan fingerprint density at radius 3 is 2.82 bits per heavy atom. The summed E-state index contributed by atoms with van der Waals surface area (Å²) < 4.78 is 7.44. The van der Waals surface area contributed by atoms with E-state index in [0.29, 0.717) is 22.6 Å². The van der Waals surface area contributed by atoms with Gasteiger partial charge in [-0.25, -0.2) is 4.98 Å².